The van der Waals surface area contributed by atoms with E-state index in [1.54, 1.807) is 0 Å². The number of nitrogens with zero attached hydrogens (tertiary/aromatic N) is 2. The number of hydrogen-bond donors (Lipinski definition) is 0. The van der Waals surface area contributed by atoms with E-state index < -0.39 is 0 Å². The highest BCUT2D eigenvalue weighted by atomic mass is 15.2. The van der Waals surface area contributed by atoms with E-state index in [-0.39, 0.29) is 10.8 Å². The monoisotopic (exact) mass is 768 g/mol. The largest absolute Gasteiger partial charge is 0.309 e. The molecule has 2 nitrogen and oxygen atoms in total. The first-order chi connectivity index (χ1) is 29.3. The van der Waals surface area contributed by atoms with E-state index in [9.17, 15) is 0 Å². The van der Waals surface area contributed by atoms with Crippen molar-refractivity contribution in [1.82, 2.24) is 4.57 Å². The minimum Gasteiger partial charge on any atom is -0.309 e. The first kappa shape index (κ1) is 34.8. The number of anilines is 3. The standard InChI is InChI=1S/C58H44N2/c1-57(2)46-27-9-5-22-44(46)55-48(57)29-16-34-53(55)60(54-35-17-30-49-56(54)45-23-6-10-28-47(45)58(49,3)4)52-33-15-25-40-39(24-14-26-41(40)52)37-18-13-19-38(36-37)59-50-31-11-7-20-42(50)43-21-8-12-32-51(43)59/h5-36H,1-4H3. The summed E-state index contributed by atoms with van der Waals surface area (Å²) in [6.45, 7) is 9.51. The van der Waals surface area contributed by atoms with E-state index in [1.807, 2.05) is 0 Å². The molecular formula is C58H44N2. The molecule has 286 valence electrons. The fourth-order valence-corrected chi connectivity index (χ4v) is 11.0. The lowest BCUT2D eigenvalue weighted by molar-refractivity contribution is 0.660. The Kier molecular flexibility index (Phi) is 7.36. The molecule has 0 aliphatic heterocycles. The van der Waals surface area contributed by atoms with Crippen LogP contribution in [0, 0.1) is 0 Å². The highest BCUT2D eigenvalue weighted by Crippen LogP contribution is 2.58. The molecule has 0 saturated carbocycles. The fourth-order valence-electron chi connectivity index (χ4n) is 11.0. The molecule has 0 saturated heterocycles. The van der Waals surface area contributed by atoms with Gasteiger partial charge in [-0.1, -0.05) is 179 Å². The summed E-state index contributed by atoms with van der Waals surface area (Å²) in [6, 6.07) is 72.3. The van der Waals surface area contributed by atoms with Gasteiger partial charge in [0.1, 0.15) is 0 Å². The third-order valence-electron chi connectivity index (χ3n) is 13.8. The van der Waals surface area contributed by atoms with Crippen molar-refractivity contribution >= 4 is 49.6 Å². The molecule has 1 aromatic heterocycles. The number of para-hydroxylation sites is 2. The van der Waals surface area contributed by atoms with Crippen LogP contribution in [0.4, 0.5) is 17.1 Å². The summed E-state index contributed by atoms with van der Waals surface area (Å²) in [7, 11) is 0. The first-order valence-corrected chi connectivity index (χ1v) is 21.2. The fraction of sp³-hybridized carbons (Fsp3) is 0.103. The molecule has 0 N–H and O–H groups in total. The predicted octanol–water partition coefficient (Wildman–Crippen LogP) is 15.7. The van der Waals surface area contributed by atoms with Crippen molar-refractivity contribution in [1.29, 1.82) is 0 Å². The summed E-state index contributed by atoms with van der Waals surface area (Å²) in [5.74, 6) is 0. The van der Waals surface area contributed by atoms with Gasteiger partial charge in [0.15, 0.2) is 0 Å². The average Bonchev–Trinajstić information content (AvgIpc) is 3.84. The molecule has 0 bridgehead atoms. The molecule has 1 heterocycles. The molecule has 2 heteroatoms. The zero-order chi connectivity index (χ0) is 40.3. The molecule has 10 aromatic rings. The molecule has 0 spiro atoms. The Morgan fingerprint density at radius 1 is 0.350 bits per heavy atom. The van der Waals surface area contributed by atoms with Crippen molar-refractivity contribution in [3.63, 3.8) is 0 Å². The molecule has 0 atom stereocenters. The third kappa shape index (κ3) is 4.76. The maximum absolute atomic E-state index is 2.59. The Labute approximate surface area is 351 Å². The van der Waals surface area contributed by atoms with Crippen LogP contribution in [0.25, 0.3) is 71.6 Å². The molecule has 0 unspecified atom stereocenters. The number of aromatic nitrogens is 1. The van der Waals surface area contributed by atoms with Gasteiger partial charge in [-0.3, -0.25) is 0 Å². The van der Waals surface area contributed by atoms with Gasteiger partial charge in [-0.05, 0) is 92.4 Å². The quantitative estimate of drug-likeness (QED) is 0.169. The highest BCUT2D eigenvalue weighted by Gasteiger charge is 2.41. The van der Waals surface area contributed by atoms with Crippen LogP contribution in [0.15, 0.2) is 194 Å². The van der Waals surface area contributed by atoms with Gasteiger partial charge in [-0.2, -0.15) is 0 Å². The van der Waals surface area contributed by atoms with Crippen LogP contribution in [-0.4, -0.2) is 4.57 Å². The van der Waals surface area contributed by atoms with Crippen molar-refractivity contribution in [2.24, 2.45) is 0 Å². The van der Waals surface area contributed by atoms with Gasteiger partial charge in [0.05, 0.1) is 28.1 Å². The second kappa shape index (κ2) is 12.7. The second-order valence-electron chi connectivity index (χ2n) is 17.7. The lowest BCUT2D eigenvalue weighted by Crippen LogP contribution is -2.17. The molecular weight excluding hydrogens is 725 g/mol. The van der Waals surface area contributed by atoms with Gasteiger partial charge < -0.3 is 9.47 Å². The van der Waals surface area contributed by atoms with Gasteiger partial charge in [0, 0.05) is 43.8 Å². The Hall–Kier alpha value is -7.16. The summed E-state index contributed by atoms with van der Waals surface area (Å²) in [6.07, 6.45) is 0. The zero-order valence-electron chi connectivity index (χ0n) is 34.4. The lowest BCUT2D eigenvalue weighted by atomic mass is 9.82. The van der Waals surface area contributed by atoms with Crippen LogP contribution in [-0.2, 0) is 10.8 Å². The Morgan fingerprint density at radius 2 is 0.783 bits per heavy atom. The Morgan fingerprint density at radius 3 is 1.40 bits per heavy atom. The van der Waals surface area contributed by atoms with E-state index in [1.165, 1.54) is 105 Å². The molecule has 60 heavy (non-hydrogen) atoms. The van der Waals surface area contributed by atoms with Crippen molar-refractivity contribution in [2.75, 3.05) is 4.90 Å². The van der Waals surface area contributed by atoms with Gasteiger partial charge in [0.25, 0.3) is 0 Å². The molecule has 0 amide bonds. The maximum Gasteiger partial charge on any atom is 0.0543 e. The Bertz CT molecular complexity index is 3230. The van der Waals surface area contributed by atoms with E-state index in [4.69, 9.17) is 0 Å². The first-order valence-electron chi connectivity index (χ1n) is 21.2. The summed E-state index contributed by atoms with van der Waals surface area (Å²) in [5.41, 5.74) is 20.0. The van der Waals surface area contributed by atoms with Crippen LogP contribution in [0.1, 0.15) is 49.9 Å². The van der Waals surface area contributed by atoms with Crippen LogP contribution < -0.4 is 4.90 Å². The van der Waals surface area contributed by atoms with Crippen LogP contribution in [0.2, 0.25) is 0 Å². The predicted molar refractivity (Wildman–Crippen MR) is 254 cm³/mol. The highest BCUT2D eigenvalue weighted by molar-refractivity contribution is 6.11. The van der Waals surface area contributed by atoms with Crippen molar-refractivity contribution in [3.05, 3.63) is 216 Å². The second-order valence-corrected chi connectivity index (χ2v) is 17.7. The average molecular weight is 769 g/mol. The minimum atomic E-state index is -0.131. The zero-order valence-corrected chi connectivity index (χ0v) is 34.4. The smallest absolute Gasteiger partial charge is 0.0543 e. The maximum atomic E-state index is 2.59. The number of benzene rings is 9. The number of rotatable bonds is 5. The summed E-state index contributed by atoms with van der Waals surface area (Å²) in [5, 5.41) is 4.97. The Balaban J connectivity index is 1.12. The molecule has 2 aliphatic carbocycles. The molecule has 0 fully saturated rings. The van der Waals surface area contributed by atoms with Gasteiger partial charge in [-0.15, -0.1) is 0 Å². The van der Waals surface area contributed by atoms with Crippen LogP contribution in [0.5, 0.6) is 0 Å². The summed E-state index contributed by atoms with van der Waals surface area (Å²) >= 11 is 0. The topological polar surface area (TPSA) is 8.17 Å². The molecule has 12 rings (SSSR count). The number of hydrogen-bond acceptors (Lipinski definition) is 1. The molecule has 9 aromatic carbocycles. The SMILES string of the molecule is CC1(C)c2ccccc2-c2c(N(c3cccc4c3-c3ccccc3C4(C)C)c3cccc4c(-c5cccc(-n6c7ccccc7c7ccccc76)c5)cccc34)cccc21. The normalized spacial score (nSPS) is 14.3. The van der Waals surface area contributed by atoms with E-state index in [0.29, 0.717) is 0 Å². The van der Waals surface area contributed by atoms with Gasteiger partial charge in [0.2, 0.25) is 0 Å². The van der Waals surface area contributed by atoms with Crippen molar-refractivity contribution in [2.45, 2.75) is 38.5 Å². The summed E-state index contributed by atoms with van der Waals surface area (Å²) in [4.78, 5) is 2.59. The molecule has 0 radical (unpaired) electrons. The third-order valence-corrected chi connectivity index (χ3v) is 13.8. The van der Waals surface area contributed by atoms with E-state index in [2.05, 4.69) is 231 Å². The van der Waals surface area contributed by atoms with Crippen molar-refractivity contribution in [3.8, 4) is 39.1 Å². The van der Waals surface area contributed by atoms with Gasteiger partial charge in [-0.25, -0.2) is 0 Å². The summed E-state index contributed by atoms with van der Waals surface area (Å²) < 4.78 is 2.41. The van der Waals surface area contributed by atoms with Crippen molar-refractivity contribution < 1.29 is 0 Å². The van der Waals surface area contributed by atoms with Crippen LogP contribution in [0.3, 0.4) is 0 Å². The molecule has 2 aliphatic rings. The van der Waals surface area contributed by atoms with Crippen LogP contribution >= 0.6 is 0 Å². The minimum absolute atomic E-state index is 0.131. The van der Waals surface area contributed by atoms with E-state index >= 15 is 0 Å². The number of fused-ring (bicyclic) bond motifs is 10. The van der Waals surface area contributed by atoms with E-state index in [0.717, 1.165) is 5.69 Å². The lowest BCUT2D eigenvalue weighted by Gasteiger charge is -2.32. The van der Waals surface area contributed by atoms with Gasteiger partial charge >= 0.3 is 0 Å².